The predicted octanol–water partition coefficient (Wildman–Crippen LogP) is 1.38. The molecule has 0 radical (unpaired) electrons. The van der Waals surface area contributed by atoms with Crippen LogP contribution in [0.5, 0.6) is 0 Å². The Kier molecular flexibility index (Phi) is 4.60. The fraction of sp³-hybridized carbons (Fsp3) is 0.364. The number of nitrogens with zero attached hydrogens (tertiary/aromatic N) is 1. The Labute approximate surface area is 95.2 Å². The summed E-state index contributed by atoms with van der Waals surface area (Å²) < 4.78 is 4.89. The number of carbonyl (C=O) groups is 1. The van der Waals surface area contributed by atoms with Gasteiger partial charge in [0.1, 0.15) is 0 Å². The number of hydrogen-bond acceptors (Lipinski definition) is 3. The second-order valence-electron chi connectivity index (χ2n) is 3.47. The van der Waals surface area contributed by atoms with Gasteiger partial charge in [-0.25, -0.2) is 4.79 Å². The van der Waals surface area contributed by atoms with Crippen LogP contribution in [0.1, 0.15) is 0 Å². The molecule has 2 amide bonds. The molecule has 5 nitrogen and oxygen atoms in total. The fourth-order valence-corrected chi connectivity index (χ4v) is 1.17. The lowest BCUT2D eigenvalue weighted by molar-refractivity contribution is 0.165. The van der Waals surface area contributed by atoms with E-state index in [0.717, 1.165) is 0 Å². The van der Waals surface area contributed by atoms with Gasteiger partial charge >= 0.3 is 6.03 Å². The molecule has 0 heterocycles. The number of anilines is 2. The number of nitrogens with one attached hydrogen (secondary N) is 1. The van der Waals surface area contributed by atoms with Crippen molar-refractivity contribution in [3.63, 3.8) is 0 Å². The van der Waals surface area contributed by atoms with Crippen molar-refractivity contribution >= 4 is 17.4 Å². The Hall–Kier alpha value is -1.75. The van der Waals surface area contributed by atoms with Crippen LogP contribution < -0.4 is 11.1 Å². The van der Waals surface area contributed by atoms with E-state index in [1.54, 1.807) is 43.3 Å². The number of methoxy groups -OCH3 is 1. The summed E-state index contributed by atoms with van der Waals surface area (Å²) >= 11 is 0. The van der Waals surface area contributed by atoms with E-state index in [-0.39, 0.29) is 6.03 Å². The van der Waals surface area contributed by atoms with Gasteiger partial charge < -0.3 is 20.7 Å². The number of nitrogen functional groups attached to an aromatic ring is 1. The van der Waals surface area contributed by atoms with E-state index < -0.39 is 0 Å². The lowest BCUT2D eigenvalue weighted by atomic mass is 10.3. The summed E-state index contributed by atoms with van der Waals surface area (Å²) in [6, 6.07) is 6.88. The highest BCUT2D eigenvalue weighted by Gasteiger charge is 2.07. The smallest absolute Gasteiger partial charge is 0.321 e. The van der Waals surface area contributed by atoms with Gasteiger partial charge in [0.15, 0.2) is 0 Å². The SMILES string of the molecule is COCCN(C)C(=O)Nc1cccc(N)c1. The van der Waals surface area contributed by atoms with Crippen LogP contribution in [0.3, 0.4) is 0 Å². The molecule has 1 aromatic carbocycles. The van der Waals surface area contributed by atoms with E-state index in [0.29, 0.717) is 24.5 Å². The summed E-state index contributed by atoms with van der Waals surface area (Å²) in [7, 11) is 3.31. The molecule has 3 N–H and O–H groups in total. The van der Waals surface area contributed by atoms with E-state index in [2.05, 4.69) is 5.32 Å². The summed E-state index contributed by atoms with van der Waals surface area (Å²) in [5, 5.41) is 2.74. The molecule has 0 bridgehead atoms. The maximum absolute atomic E-state index is 11.6. The Balaban J connectivity index is 2.50. The molecule has 1 rings (SSSR count). The molecule has 5 heteroatoms. The Bertz CT molecular complexity index is 355. The second kappa shape index (κ2) is 5.97. The average Bonchev–Trinajstić information content (AvgIpc) is 2.25. The van der Waals surface area contributed by atoms with Crippen LogP contribution in [0.2, 0.25) is 0 Å². The number of nitrogens with two attached hydrogens (primary N) is 1. The molecule has 0 saturated carbocycles. The van der Waals surface area contributed by atoms with E-state index in [1.165, 1.54) is 0 Å². The summed E-state index contributed by atoms with van der Waals surface area (Å²) in [6.07, 6.45) is 0. The van der Waals surface area contributed by atoms with Crippen LogP contribution in [0.4, 0.5) is 16.2 Å². The van der Waals surface area contributed by atoms with Gasteiger partial charge in [0.25, 0.3) is 0 Å². The molecule has 0 aliphatic heterocycles. The van der Waals surface area contributed by atoms with E-state index in [4.69, 9.17) is 10.5 Å². The normalized spacial score (nSPS) is 9.88. The quantitative estimate of drug-likeness (QED) is 0.758. The molecule has 88 valence electrons. The van der Waals surface area contributed by atoms with Crippen LogP contribution in [0.15, 0.2) is 24.3 Å². The van der Waals surface area contributed by atoms with Crippen molar-refractivity contribution in [1.82, 2.24) is 4.90 Å². The number of likely N-dealkylation sites (N-methyl/N-ethyl adjacent to an activating group) is 1. The van der Waals surface area contributed by atoms with Crippen LogP contribution in [0.25, 0.3) is 0 Å². The number of hydrogen-bond donors (Lipinski definition) is 2. The topological polar surface area (TPSA) is 67.6 Å². The molecule has 0 spiro atoms. The molecule has 0 aromatic heterocycles. The Morgan fingerprint density at radius 2 is 2.31 bits per heavy atom. The zero-order valence-corrected chi connectivity index (χ0v) is 9.56. The summed E-state index contributed by atoms with van der Waals surface area (Å²) in [6.45, 7) is 1.06. The number of carbonyl (C=O) groups excluding carboxylic acids is 1. The molecule has 0 atom stereocenters. The minimum atomic E-state index is -0.178. The minimum Gasteiger partial charge on any atom is -0.399 e. The van der Waals surface area contributed by atoms with Gasteiger partial charge in [-0.15, -0.1) is 0 Å². The van der Waals surface area contributed by atoms with Crippen LogP contribution >= 0.6 is 0 Å². The maximum atomic E-state index is 11.6. The van der Waals surface area contributed by atoms with Crippen molar-refractivity contribution in [1.29, 1.82) is 0 Å². The molecular weight excluding hydrogens is 206 g/mol. The van der Waals surface area contributed by atoms with Gasteiger partial charge in [-0.1, -0.05) is 6.07 Å². The van der Waals surface area contributed by atoms with Gasteiger partial charge in [-0.2, -0.15) is 0 Å². The van der Waals surface area contributed by atoms with Crippen molar-refractivity contribution in [2.75, 3.05) is 38.4 Å². The zero-order valence-electron chi connectivity index (χ0n) is 9.56. The molecule has 0 aliphatic rings. The van der Waals surface area contributed by atoms with Crippen LogP contribution in [-0.2, 0) is 4.74 Å². The number of rotatable bonds is 4. The minimum absolute atomic E-state index is 0.178. The number of urea groups is 1. The van der Waals surface area contributed by atoms with Crippen molar-refractivity contribution in [3.05, 3.63) is 24.3 Å². The van der Waals surface area contributed by atoms with E-state index in [1.807, 2.05) is 0 Å². The average molecular weight is 223 g/mol. The first kappa shape index (κ1) is 12.3. The van der Waals surface area contributed by atoms with Crippen LogP contribution in [0, 0.1) is 0 Å². The van der Waals surface area contributed by atoms with Crippen molar-refractivity contribution < 1.29 is 9.53 Å². The first-order chi connectivity index (χ1) is 7.63. The summed E-state index contributed by atoms with van der Waals surface area (Å²) in [5.41, 5.74) is 6.92. The Morgan fingerprint density at radius 1 is 1.56 bits per heavy atom. The third-order valence-corrected chi connectivity index (χ3v) is 2.12. The fourth-order valence-electron chi connectivity index (χ4n) is 1.17. The van der Waals surface area contributed by atoms with E-state index in [9.17, 15) is 4.79 Å². The molecule has 1 aromatic rings. The van der Waals surface area contributed by atoms with Crippen molar-refractivity contribution in [2.45, 2.75) is 0 Å². The van der Waals surface area contributed by atoms with Gasteiger partial charge in [0.2, 0.25) is 0 Å². The molecule has 0 fully saturated rings. The van der Waals surface area contributed by atoms with Gasteiger partial charge in [-0.05, 0) is 18.2 Å². The largest absolute Gasteiger partial charge is 0.399 e. The first-order valence-electron chi connectivity index (χ1n) is 5.00. The molecule has 0 unspecified atom stereocenters. The molecule has 16 heavy (non-hydrogen) atoms. The lowest BCUT2D eigenvalue weighted by Gasteiger charge is -2.17. The molecule has 0 aliphatic carbocycles. The number of ether oxygens (including phenoxy) is 1. The highest BCUT2D eigenvalue weighted by molar-refractivity contribution is 5.89. The predicted molar refractivity (Wildman–Crippen MR) is 64.4 cm³/mol. The van der Waals surface area contributed by atoms with Gasteiger partial charge in [0.05, 0.1) is 6.61 Å². The Morgan fingerprint density at radius 3 is 2.94 bits per heavy atom. The second-order valence-corrected chi connectivity index (χ2v) is 3.47. The van der Waals surface area contributed by atoms with E-state index >= 15 is 0 Å². The van der Waals surface area contributed by atoms with Crippen molar-refractivity contribution in [3.8, 4) is 0 Å². The third-order valence-electron chi connectivity index (χ3n) is 2.12. The monoisotopic (exact) mass is 223 g/mol. The van der Waals surface area contributed by atoms with Crippen molar-refractivity contribution in [2.24, 2.45) is 0 Å². The zero-order chi connectivity index (χ0) is 12.0. The lowest BCUT2D eigenvalue weighted by Crippen LogP contribution is -2.33. The third kappa shape index (κ3) is 3.78. The maximum Gasteiger partial charge on any atom is 0.321 e. The first-order valence-corrected chi connectivity index (χ1v) is 5.00. The number of amides is 2. The van der Waals surface area contributed by atoms with Gasteiger partial charge in [-0.3, -0.25) is 0 Å². The van der Waals surface area contributed by atoms with Gasteiger partial charge in [0, 0.05) is 32.1 Å². The number of benzene rings is 1. The molecular formula is C11H17N3O2. The highest BCUT2D eigenvalue weighted by Crippen LogP contribution is 2.11. The highest BCUT2D eigenvalue weighted by atomic mass is 16.5. The summed E-state index contributed by atoms with van der Waals surface area (Å²) in [5.74, 6) is 0. The standard InChI is InChI=1S/C11H17N3O2/c1-14(6-7-16-2)11(15)13-10-5-3-4-9(12)8-10/h3-5,8H,6-7,12H2,1-2H3,(H,13,15). The molecule has 0 saturated heterocycles. The summed E-state index contributed by atoms with van der Waals surface area (Å²) in [4.78, 5) is 13.2. The van der Waals surface area contributed by atoms with Crippen LogP contribution in [-0.4, -0.2) is 38.2 Å².